The lowest BCUT2D eigenvalue weighted by atomic mass is 9.97. The molecule has 2 aliphatic heterocycles. The second-order valence-electron chi connectivity index (χ2n) is 7.16. The standard InChI is InChI=1S/C21H22N2O4S/c1-15(16-8-3-2-4-9-16)27-21(24)17-10-7-13-23(14-17)20-18-11-5-6-12-19(18)28(25,26)22-20/h2-6,8-9,11-12,15,17H,7,10,13-14H2,1H3/t15-,17-/m0/s1. The molecule has 0 spiro atoms. The van der Waals surface area contributed by atoms with E-state index in [0.29, 0.717) is 24.5 Å². The fraction of sp³-hybridized carbons (Fsp3) is 0.333. The van der Waals surface area contributed by atoms with Crippen molar-refractivity contribution in [2.45, 2.75) is 30.8 Å². The van der Waals surface area contributed by atoms with Crippen LogP contribution in [0.15, 0.2) is 63.9 Å². The van der Waals surface area contributed by atoms with E-state index >= 15 is 0 Å². The Morgan fingerprint density at radius 3 is 2.64 bits per heavy atom. The molecule has 4 rings (SSSR count). The third kappa shape index (κ3) is 3.54. The Morgan fingerprint density at radius 1 is 1.14 bits per heavy atom. The zero-order chi connectivity index (χ0) is 19.7. The number of ether oxygens (including phenoxy) is 1. The lowest BCUT2D eigenvalue weighted by Crippen LogP contribution is -2.42. The fourth-order valence-electron chi connectivity index (χ4n) is 3.74. The molecule has 146 valence electrons. The predicted molar refractivity (Wildman–Crippen MR) is 105 cm³/mol. The van der Waals surface area contributed by atoms with Gasteiger partial charge in [-0.25, -0.2) is 0 Å². The number of fused-ring (bicyclic) bond motifs is 1. The number of hydrogen-bond donors (Lipinski definition) is 0. The maximum Gasteiger partial charge on any atom is 0.311 e. The Morgan fingerprint density at radius 2 is 1.86 bits per heavy atom. The summed E-state index contributed by atoms with van der Waals surface area (Å²) in [4.78, 5) is 14.8. The first-order chi connectivity index (χ1) is 13.5. The van der Waals surface area contributed by atoms with Crippen molar-refractivity contribution < 1.29 is 17.9 Å². The van der Waals surface area contributed by atoms with E-state index in [1.165, 1.54) is 0 Å². The number of nitrogens with zero attached hydrogens (tertiary/aromatic N) is 2. The number of amidine groups is 1. The van der Waals surface area contributed by atoms with Gasteiger partial charge in [-0.15, -0.1) is 4.40 Å². The van der Waals surface area contributed by atoms with Crippen molar-refractivity contribution in [3.05, 3.63) is 65.7 Å². The highest BCUT2D eigenvalue weighted by Crippen LogP contribution is 2.30. The van der Waals surface area contributed by atoms with E-state index in [4.69, 9.17) is 4.74 Å². The number of hydrogen-bond acceptors (Lipinski definition) is 5. The van der Waals surface area contributed by atoms with Crippen molar-refractivity contribution in [2.75, 3.05) is 13.1 Å². The number of likely N-dealkylation sites (tertiary alicyclic amines) is 1. The Hall–Kier alpha value is -2.67. The molecule has 0 radical (unpaired) electrons. The van der Waals surface area contributed by atoms with E-state index in [1.54, 1.807) is 24.3 Å². The van der Waals surface area contributed by atoms with Crippen LogP contribution in [0, 0.1) is 5.92 Å². The van der Waals surface area contributed by atoms with Gasteiger partial charge in [0.2, 0.25) is 0 Å². The summed E-state index contributed by atoms with van der Waals surface area (Å²) in [5, 5.41) is 0. The molecule has 0 amide bonds. The minimum atomic E-state index is -3.67. The molecule has 0 bridgehead atoms. The van der Waals surface area contributed by atoms with Gasteiger partial charge < -0.3 is 9.64 Å². The summed E-state index contributed by atoms with van der Waals surface area (Å²) in [6.45, 7) is 2.93. The van der Waals surface area contributed by atoms with Crippen LogP contribution in [0.25, 0.3) is 0 Å². The summed E-state index contributed by atoms with van der Waals surface area (Å²) in [5.74, 6) is -0.127. The molecular formula is C21H22N2O4S. The molecule has 7 heteroatoms. The van der Waals surface area contributed by atoms with Crippen LogP contribution in [0.4, 0.5) is 0 Å². The first kappa shape index (κ1) is 18.7. The lowest BCUT2D eigenvalue weighted by Gasteiger charge is -2.33. The smallest absolute Gasteiger partial charge is 0.311 e. The lowest BCUT2D eigenvalue weighted by molar-refractivity contribution is -0.155. The molecule has 0 N–H and O–H groups in total. The third-order valence-corrected chi connectivity index (χ3v) is 6.55. The minimum absolute atomic E-state index is 0.229. The normalized spacial score (nSPS) is 21.5. The van der Waals surface area contributed by atoms with Crippen molar-refractivity contribution >= 4 is 21.8 Å². The Balaban J connectivity index is 1.49. The van der Waals surface area contributed by atoms with Crippen LogP contribution in [0.2, 0.25) is 0 Å². The van der Waals surface area contributed by atoms with E-state index < -0.39 is 10.0 Å². The molecule has 0 aliphatic carbocycles. The van der Waals surface area contributed by atoms with E-state index in [-0.39, 0.29) is 22.9 Å². The van der Waals surface area contributed by atoms with E-state index in [2.05, 4.69) is 4.40 Å². The predicted octanol–water partition coefficient (Wildman–Crippen LogP) is 3.15. The van der Waals surface area contributed by atoms with Gasteiger partial charge in [0.15, 0.2) is 5.84 Å². The summed E-state index contributed by atoms with van der Waals surface area (Å²) in [6.07, 6.45) is 1.17. The average Bonchev–Trinajstić information content (AvgIpc) is 3.00. The van der Waals surface area contributed by atoms with Crippen molar-refractivity contribution in [2.24, 2.45) is 10.3 Å². The number of benzene rings is 2. The van der Waals surface area contributed by atoms with Crippen LogP contribution < -0.4 is 0 Å². The number of esters is 1. The molecule has 0 unspecified atom stereocenters. The molecule has 2 atom stereocenters. The van der Waals surface area contributed by atoms with Crippen LogP contribution in [-0.2, 0) is 19.6 Å². The van der Waals surface area contributed by atoms with Crippen molar-refractivity contribution in [3.63, 3.8) is 0 Å². The van der Waals surface area contributed by atoms with Gasteiger partial charge in [0.25, 0.3) is 10.0 Å². The van der Waals surface area contributed by atoms with Crippen LogP contribution >= 0.6 is 0 Å². The van der Waals surface area contributed by atoms with Crippen LogP contribution in [0.5, 0.6) is 0 Å². The van der Waals surface area contributed by atoms with Gasteiger partial charge in [-0.3, -0.25) is 4.79 Å². The Kier molecular flexibility index (Phi) is 4.93. The summed E-state index contributed by atoms with van der Waals surface area (Å²) in [6, 6.07) is 16.4. The molecule has 2 aromatic rings. The van der Waals surface area contributed by atoms with Crippen LogP contribution in [0.3, 0.4) is 0 Å². The molecule has 2 heterocycles. The second kappa shape index (κ2) is 7.39. The molecule has 2 aliphatic rings. The van der Waals surface area contributed by atoms with Crippen LogP contribution in [0.1, 0.15) is 37.0 Å². The maximum absolute atomic E-state index is 12.7. The Labute approximate surface area is 164 Å². The zero-order valence-corrected chi connectivity index (χ0v) is 16.4. The van der Waals surface area contributed by atoms with Gasteiger partial charge in [0.05, 0.1) is 5.92 Å². The molecule has 1 fully saturated rings. The van der Waals surface area contributed by atoms with Gasteiger partial charge in [0, 0.05) is 18.7 Å². The van der Waals surface area contributed by atoms with Gasteiger partial charge in [-0.2, -0.15) is 8.42 Å². The Bertz CT molecular complexity index is 1020. The molecule has 1 saturated heterocycles. The summed E-state index contributed by atoms with van der Waals surface area (Å²) in [7, 11) is -3.67. The van der Waals surface area contributed by atoms with Crippen molar-refractivity contribution in [3.8, 4) is 0 Å². The monoisotopic (exact) mass is 398 g/mol. The zero-order valence-electron chi connectivity index (χ0n) is 15.6. The summed E-state index contributed by atoms with van der Waals surface area (Å²) in [5.41, 5.74) is 1.55. The molecular weight excluding hydrogens is 376 g/mol. The van der Waals surface area contributed by atoms with Gasteiger partial charge in [-0.05, 0) is 37.5 Å². The molecule has 28 heavy (non-hydrogen) atoms. The van der Waals surface area contributed by atoms with Crippen molar-refractivity contribution in [1.82, 2.24) is 4.90 Å². The highest BCUT2D eigenvalue weighted by molar-refractivity contribution is 7.90. The number of carbonyl (C=O) groups is 1. The van der Waals surface area contributed by atoms with E-state index in [0.717, 1.165) is 18.4 Å². The second-order valence-corrected chi connectivity index (χ2v) is 8.73. The maximum atomic E-state index is 12.7. The van der Waals surface area contributed by atoms with E-state index in [9.17, 15) is 13.2 Å². The van der Waals surface area contributed by atoms with Crippen LogP contribution in [-0.4, -0.2) is 38.2 Å². The molecule has 6 nitrogen and oxygen atoms in total. The fourth-order valence-corrected chi connectivity index (χ4v) is 4.97. The molecule has 0 aromatic heterocycles. The topological polar surface area (TPSA) is 76.0 Å². The molecule has 0 saturated carbocycles. The molecule has 2 aromatic carbocycles. The average molecular weight is 398 g/mol. The van der Waals surface area contributed by atoms with Crippen molar-refractivity contribution in [1.29, 1.82) is 0 Å². The highest BCUT2D eigenvalue weighted by Gasteiger charge is 2.35. The highest BCUT2D eigenvalue weighted by atomic mass is 32.2. The summed E-state index contributed by atoms with van der Waals surface area (Å²) >= 11 is 0. The van der Waals surface area contributed by atoms with Gasteiger partial charge in [0.1, 0.15) is 11.0 Å². The number of sulfonamides is 1. The number of rotatable bonds is 3. The van der Waals surface area contributed by atoms with Gasteiger partial charge >= 0.3 is 5.97 Å². The third-order valence-electron chi connectivity index (χ3n) is 5.23. The summed E-state index contributed by atoms with van der Waals surface area (Å²) < 4.78 is 34.3. The van der Waals surface area contributed by atoms with Gasteiger partial charge in [-0.1, -0.05) is 42.5 Å². The minimum Gasteiger partial charge on any atom is -0.458 e. The largest absolute Gasteiger partial charge is 0.458 e. The quantitative estimate of drug-likeness (QED) is 0.743. The number of piperidine rings is 1. The SMILES string of the molecule is C[C@H](OC(=O)[C@H]1CCCN(C2=NS(=O)(=O)c3ccccc32)C1)c1ccccc1. The first-order valence-electron chi connectivity index (χ1n) is 9.40. The number of carbonyl (C=O) groups excluding carboxylic acids is 1. The first-order valence-corrected chi connectivity index (χ1v) is 10.8. The van der Waals surface area contributed by atoms with E-state index in [1.807, 2.05) is 42.2 Å².